The van der Waals surface area contributed by atoms with Gasteiger partial charge in [-0.05, 0) is 6.92 Å². The molecule has 0 saturated carbocycles. The number of imidazole rings is 1. The Bertz CT molecular complexity index is 222. The van der Waals surface area contributed by atoms with Gasteiger partial charge in [0.25, 0.3) is 0 Å². The second kappa shape index (κ2) is 2.23. The Morgan fingerprint density at radius 2 is 2.00 bits per heavy atom. The molecule has 1 rings (SSSR count). The van der Waals surface area contributed by atoms with Crippen LogP contribution in [0.4, 0.5) is 0 Å². The second-order valence-corrected chi connectivity index (χ2v) is 8.45. The van der Waals surface area contributed by atoms with Crippen molar-refractivity contribution >= 4 is 8.24 Å². The Kier molecular flexibility index (Phi) is 1.68. The fraction of sp³-hybridized carbons (Fsp3) is 0.571. The summed E-state index contributed by atoms with van der Waals surface area (Å²) in [5, 5.41) is 0. The van der Waals surface area contributed by atoms with Crippen molar-refractivity contribution in [2.45, 2.75) is 26.6 Å². The summed E-state index contributed by atoms with van der Waals surface area (Å²) < 4.78 is 2.25. The molecule has 0 bridgehead atoms. The Labute approximate surface area is 63.0 Å². The lowest BCUT2D eigenvalue weighted by molar-refractivity contribution is 1.12. The molecule has 1 heterocycles. The molecule has 10 heavy (non-hydrogen) atoms. The van der Waals surface area contributed by atoms with Gasteiger partial charge in [0, 0.05) is 6.20 Å². The van der Waals surface area contributed by atoms with Crippen LogP contribution in [0.2, 0.25) is 19.6 Å². The quantitative estimate of drug-likeness (QED) is 0.565. The Hall–Kier alpha value is -0.573. The van der Waals surface area contributed by atoms with Gasteiger partial charge in [0.05, 0.1) is 12.0 Å². The van der Waals surface area contributed by atoms with E-state index in [2.05, 4.69) is 35.1 Å². The zero-order chi connectivity index (χ0) is 7.78. The fourth-order valence-electron chi connectivity index (χ4n) is 0.788. The molecule has 0 saturated heterocycles. The second-order valence-electron chi connectivity index (χ2n) is 3.59. The molecule has 3 heteroatoms. The van der Waals surface area contributed by atoms with E-state index in [1.165, 1.54) is 0 Å². The first-order valence-electron chi connectivity index (χ1n) is 3.51. The van der Waals surface area contributed by atoms with Crippen LogP contribution in [0.3, 0.4) is 0 Å². The van der Waals surface area contributed by atoms with Gasteiger partial charge in [-0.15, -0.1) is 0 Å². The van der Waals surface area contributed by atoms with Gasteiger partial charge in [-0.25, -0.2) is 4.98 Å². The van der Waals surface area contributed by atoms with Crippen molar-refractivity contribution in [3.8, 4) is 0 Å². The normalized spacial score (nSPS) is 12.0. The van der Waals surface area contributed by atoms with E-state index >= 15 is 0 Å². The van der Waals surface area contributed by atoms with E-state index < -0.39 is 8.24 Å². The number of hydrogen-bond acceptors (Lipinski definition) is 1. The van der Waals surface area contributed by atoms with Crippen LogP contribution in [0.5, 0.6) is 0 Å². The van der Waals surface area contributed by atoms with Gasteiger partial charge in [-0.3, -0.25) is 0 Å². The maximum Gasteiger partial charge on any atom is 0.154 e. The summed E-state index contributed by atoms with van der Waals surface area (Å²) in [4.78, 5) is 4.18. The third-order valence-electron chi connectivity index (χ3n) is 1.49. The summed E-state index contributed by atoms with van der Waals surface area (Å²) in [6.07, 6.45) is 4.05. The summed E-state index contributed by atoms with van der Waals surface area (Å²) in [6, 6.07) is 0. The molecule has 0 radical (unpaired) electrons. The van der Waals surface area contributed by atoms with Crippen LogP contribution in [0.1, 0.15) is 5.69 Å². The van der Waals surface area contributed by atoms with E-state index in [1.807, 2.05) is 13.3 Å². The largest absolute Gasteiger partial charge is 0.365 e. The van der Waals surface area contributed by atoms with Crippen molar-refractivity contribution in [3.63, 3.8) is 0 Å². The molecule has 0 aliphatic carbocycles. The van der Waals surface area contributed by atoms with Gasteiger partial charge >= 0.3 is 0 Å². The first-order chi connectivity index (χ1) is 4.50. The van der Waals surface area contributed by atoms with Crippen LogP contribution in [0.25, 0.3) is 0 Å². The predicted molar refractivity (Wildman–Crippen MR) is 45.7 cm³/mol. The molecule has 0 spiro atoms. The van der Waals surface area contributed by atoms with Gasteiger partial charge in [-0.2, -0.15) is 0 Å². The molecule has 0 unspecified atom stereocenters. The highest BCUT2D eigenvalue weighted by Gasteiger charge is 2.15. The van der Waals surface area contributed by atoms with Crippen LogP contribution in [0.15, 0.2) is 12.5 Å². The van der Waals surface area contributed by atoms with E-state index in [-0.39, 0.29) is 0 Å². The molecule has 0 amide bonds. The average molecular weight is 154 g/mol. The third-order valence-corrected chi connectivity index (χ3v) is 3.28. The minimum Gasteiger partial charge on any atom is -0.365 e. The van der Waals surface area contributed by atoms with Crippen molar-refractivity contribution in [1.29, 1.82) is 0 Å². The maximum atomic E-state index is 4.18. The first-order valence-corrected chi connectivity index (χ1v) is 6.96. The molecule has 0 aliphatic heterocycles. The van der Waals surface area contributed by atoms with Gasteiger partial charge in [0.1, 0.15) is 0 Å². The van der Waals surface area contributed by atoms with Crippen molar-refractivity contribution in [1.82, 2.24) is 9.22 Å². The van der Waals surface area contributed by atoms with Crippen molar-refractivity contribution in [2.75, 3.05) is 0 Å². The standard InChI is InChI=1S/C7H14N2Si/c1-7-5-9(6-8-7)10(2,3)4/h5-6H,1-4H3. The van der Waals surface area contributed by atoms with Crippen molar-refractivity contribution < 1.29 is 0 Å². The SMILES string of the molecule is Cc1cn([Si](C)(C)C)cn1. The highest BCUT2D eigenvalue weighted by Crippen LogP contribution is 2.05. The smallest absolute Gasteiger partial charge is 0.154 e. The fourth-order valence-corrected chi connectivity index (χ4v) is 1.77. The molecule has 2 nitrogen and oxygen atoms in total. The number of rotatable bonds is 1. The van der Waals surface area contributed by atoms with Crippen LogP contribution in [-0.2, 0) is 0 Å². The lowest BCUT2D eigenvalue weighted by Crippen LogP contribution is -2.30. The van der Waals surface area contributed by atoms with E-state index in [4.69, 9.17) is 0 Å². The monoisotopic (exact) mass is 154 g/mol. The average Bonchev–Trinajstić information content (AvgIpc) is 2.11. The Morgan fingerprint density at radius 1 is 1.40 bits per heavy atom. The van der Waals surface area contributed by atoms with Crippen LogP contribution in [0, 0.1) is 6.92 Å². The summed E-state index contributed by atoms with van der Waals surface area (Å²) in [5.74, 6) is 0. The number of hydrogen-bond donors (Lipinski definition) is 0. The molecular formula is C7H14N2Si. The van der Waals surface area contributed by atoms with Crippen LogP contribution < -0.4 is 0 Å². The molecule has 1 aromatic rings. The molecule has 0 atom stereocenters. The van der Waals surface area contributed by atoms with E-state index in [1.54, 1.807) is 0 Å². The minimum absolute atomic E-state index is 1.11. The van der Waals surface area contributed by atoms with Crippen molar-refractivity contribution in [2.24, 2.45) is 0 Å². The van der Waals surface area contributed by atoms with Crippen LogP contribution in [-0.4, -0.2) is 17.5 Å². The highest BCUT2D eigenvalue weighted by molar-refractivity contribution is 6.74. The molecular weight excluding hydrogens is 140 g/mol. The van der Waals surface area contributed by atoms with E-state index in [0.29, 0.717) is 0 Å². The molecule has 56 valence electrons. The zero-order valence-electron chi connectivity index (χ0n) is 7.05. The summed E-state index contributed by atoms with van der Waals surface area (Å²) in [7, 11) is -1.16. The maximum absolute atomic E-state index is 4.18. The topological polar surface area (TPSA) is 17.8 Å². The summed E-state index contributed by atoms with van der Waals surface area (Å²) in [5.41, 5.74) is 1.11. The molecule has 0 aliphatic rings. The Morgan fingerprint density at radius 3 is 2.20 bits per heavy atom. The molecule has 0 fully saturated rings. The van der Waals surface area contributed by atoms with Crippen LogP contribution >= 0.6 is 0 Å². The minimum atomic E-state index is -1.16. The van der Waals surface area contributed by atoms with Gasteiger partial charge in [-0.1, -0.05) is 19.6 Å². The van der Waals surface area contributed by atoms with Gasteiger partial charge in [0.15, 0.2) is 8.24 Å². The predicted octanol–water partition coefficient (Wildman–Crippen LogP) is 1.87. The Balaban J connectivity index is 2.96. The zero-order valence-corrected chi connectivity index (χ0v) is 8.05. The highest BCUT2D eigenvalue weighted by atomic mass is 28.3. The van der Waals surface area contributed by atoms with E-state index in [9.17, 15) is 0 Å². The van der Waals surface area contributed by atoms with Gasteiger partial charge in [0.2, 0.25) is 0 Å². The number of nitrogens with zero attached hydrogens (tertiary/aromatic N) is 2. The lowest BCUT2D eigenvalue weighted by Gasteiger charge is -2.16. The third kappa shape index (κ3) is 1.47. The first kappa shape index (κ1) is 7.53. The van der Waals surface area contributed by atoms with Gasteiger partial charge < -0.3 is 4.23 Å². The van der Waals surface area contributed by atoms with E-state index in [0.717, 1.165) is 5.69 Å². The number of aryl methyl sites for hydroxylation is 1. The molecule has 0 N–H and O–H groups in total. The molecule has 1 aromatic heterocycles. The summed E-state index contributed by atoms with van der Waals surface area (Å²) >= 11 is 0. The lowest BCUT2D eigenvalue weighted by atomic mass is 10.6. The number of aromatic nitrogens is 2. The summed E-state index contributed by atoms with van der Waals surface area (Å²) in [6.45, 7) is 8.92. The van der Waals surface area contributed by atoms with Crippen molar-refractivity contribution in [3.05, 3.63) is 18.2 Å². The molecule has 0 aromatic carbocycles.